The number of aryl methyl sites for hydroxylation is 1. The molecule has 3 aromatic rings. The molecule has 1 aliphatic rings. The third kappa shape index (κ3) is 3.82. The third-order valence-electron chi connectivity index (χ3n) is 5.20. The predicted octanol–water partition coefficient (Wildman–Crippen LogP) is 2.16. The van der Waals surface area contributed by atoms with Crippen molar-refractivity contribution in [2.45, 2.75) is 32.0 Å². The molecule has 0 saturated carbocycles. The number of imidazole rings is 1. The molecule has 0 spiro atoms. The molecule has 0 radical (unpaired) electrons. The van der Waals surface area contributed by atoms with E-state index >= 15 is 0 Å². The summed E-state index contributed by atoms with van der Waals surface area (Å²) in [5.41, 5.74) is 9.10. The van der Waals surface area contributed by atoms with Crippen molar-refractivity contribution in [3.05, 3.63) is 46.6 Å². The number of aromatic nitrogens is 4. The largest absolute Gasteiger partial charge is 0.384 e. The normalized spacial score (nSPS) is 19.6. The van der Waals surface area contributed by atoms with Gasteiger partial charge in [0.15, 0.2) is 0 Å². The first kappa shape index (κ1) is 19.1. The maximum atomic E-state index is 5.84. The lowest BCUT2D eigenvalue weighted by molar-refractivity contribution is 0.118. The monoisotopic (exact) mass is 445 g/mol. The number of nitrogens with two attached hydrogens (primary N) is 1. The van der Waals surface area contributed by atoms with Crippen LogP contribution in [0.4, 0.5) is 11.6 Å². The van der Waals surface area contributed by atoms with Crippen LogP contribution in [-0.4, -0.2) is 51.7 Å². The van der Waals surface area contributed by atoms with Crippen molar-refractivity contribution in [1.82, 2.24) is 24.7 Å². The van der Waals surface area contributed by atoms with Gasteiger partial charge in [0.25, 0.3) is 0 Å². The molecule has 9 heteroatoms. The number of pyridine rings is 1. The molecule has 1 fully saturated rings. The van der Waals surface area contributed by atoms with E-state index in [1.54, 1.807) is 7.11 Å². The van der Waals surface area contributed by atoms with Crippen molar-refractivity contribution in [3.63, 3.8) is 0 Å². The smallest absolute Gasteiger partial charge is 0.139 e. The van der Waals surface area contributed by atoms with Gasteiger partial charge in [-0.1, -0.05) is 0 Å². The summed E-state index contributed by atoms with van der Waals surface area (Å²) in [6, 6.07) is 4.16. The molecular weight excluding hydrogens is 422 g/mol. The van der Waals surface area contributed by atoms with Crippen LogP contribution in [0.25, 0.3) is 5.65 Å². The maximum absolute atomic E-state index is 5.84. The second-order valence-electron chi connectivity index (χ2n) is 7.12. The van der Waals surface area contributed by atoms with Crippen LogP contribution in [0.1, 0.15) is 17.7 Å². The number of anilines is 2. The fourth-order valence-electron chi connectivity index (χ4n) is 3.80. The summed E-state index contributed by atoms with van der Waals surface area (Å²) in [7, 11) is 1.76. The zero-order valence-electron chi connectivity index (χ0n) is 16.0. The lowest BCUT2D eigenvalue weighted by Gasteiger charge is -2.25. The van der Waals surface area contributed by atoms with Gasteiger partial charge in [-0.3, -0.25) is 0 Å². The van der Waals surface area contributed by atoms with Gasteiger partial charge < -0.3 is 25.1 Å². The van der Waals surface area contributed by atoms with Crippen LogP contribution in [0.3, 0.4) is 0 Å². The number of hydrogen-bond acceptors (Lipinski definition) is 7. The first-order chi connectivity index (χ1) is 13.5. The second kappa shape index (κ2) is 8.02. The number of fused-ring (bicyclic) bond motifs is 1. The third-order valence-corrected chi connectivity index (χ3v) is 5.63. The molecule has 0 aromatic carbocycles. The molecule has 4 rings (SSSR count). The van der Waals surface area contributed by atoms with Crippen LogP contribution in [0.15, 0.2) is 35.3 Å². The number of nitrogen functional groups attached to an aromatic ring is 1. The predicted molar refractivity (Wildman–Crippen MR) is 112 cm³/mol. The zero-order chi connectivity index (χ0) is 19.7. The lowest BCUT2D eigenvalue weighted by atomic mass is 10.2. The Morgan fingerprint density at radius 3 is 2.96 bits per heavy atom. The number of nitrogens with zero attached hydrogens (tertiary/aromatic N) is 5. The van der Waals surface area contributed by atoms with Crippen molar-refractivity contribution >= 4 is 33.2 Å². The number of hydrogen-bond donors (Lipinski definition) is 2. The van der Waals surface area contributed by atoms with Gasteiger partial charge >= 0.3 is 0 Å². The van der Waals surface area contributed by atoms with Crippen molar-refractivity contribution < 1.29 is 4.74 Å². The Hall–Kier alpha value is -2.23. The van der Waals surface area contributed by atoms with Crippen LogP contribution in [-0.2, 0) is 11.3 Å². The Labute approximate surface area is 172 Å². The number of ether oxygens (including phenoxy) is 1. The van der Waals surface area contributed by atoms with Crippen LogP contribution in [0, 0.1) is 6.92 Å². The molecule has 0 bridgehead atoms. The molecule has 3 aromatic heterocycles. The molecule has 1 aliphatic heterocycles. The highest BCUT2D eigenvalue weighted by atomic mass is 79.9. The number of rotatable bonds is 6. The molecule has 0 amide bonds. The van der Waals surface area contributed by atoms with Gasteiger partial charge in [0.2, 0.25) is 0 Å². The minimum Gasteiger partial charge on any atom is -0.384 e. The summed E-state index contributed by atoms with van der Waals surface area (Å²) in [4.78, 5) is 15.2. The highest BCUT2D eigenvalue weighted by Gasteiger charge is 2.32. The Morgan fingerprint density at radius 2 is 2.18 bits per heavy atom. The van der Waals surface area contributed by atoms with Gasteiger partial charge in [-0.15, -0.1) is 0 Å². The first-order valence-electron chi connectivity index (χ1n) is 9.25. The van der Waals surface area contributed by atoms with Gasteiger partial charge in [0, 0.05) is 49.5 Å². The minimum absolute atomic E-state index is 0.178. The number of methoxy groups -OCH3 is 1. The fraction of sp³-hybridized carbons (Fsp3) is 0.421. The van der Waals surface area contributed by atoms with Gasteiger partial charge in [0.05, 0.1) is 18.0 Å². The molecule has 148 valence electrons. The van der Waals surface area contributed by atoms with Crippen molar-refractivity contribution in [2.75, 3.05) is 30.8 Å². The van der Waals surface area contributed by atoms with Crippen LogP contribution < -0.4 is 16.0 Å². The summed E-state index contributed by atoms with van der Waals surface area (Å²) in [5, 5.41) is 3.57. The molecule has 1 saturated heterocycles. The summed E-state index contributed by atoms with van der Waals surface area (Å²) in [6.07, 6.45) is 6.60. The van der Waals surface area contributed by atoms with E-state index in [1.807, 2.05) is 12.3 Å². The standard InChI is InChI=1S/C19H24BrN7O/c1-12-3-13(20)9-27-15(8-23-19(12)27)7-22-6-14-4-16(28-2)10-26(14)18-5-17(21)24-11-25-18/h3,5,8-9,11,14,16,22H,4,6-7,10H2,1-2H3,(H2,21,24,25)/t14-,16-/m1/s1. The zero-order valence-corrected chi connectivity index (χ0v) is 17.6. The van der Waals surface area contributed by atoms with Crippen molar-refractivity contribution in [3.8, 4) is 0 Å². The van der Waals surface area contributed by atoms with E-state index < -0.39 is 0 Å². The first-order valence-corrected chi connectivity index (χ1v) is 10.0. The van der Waals surface area contributed by atoms with E-state index in [4.69, 9.17) is 10.5 Å². The van der Waals surface area contributed by atoms with Crippen LogP contribution >= 0.6 is 15.9 Å². The molecule has 3 N–H and O–H groups in total. The fourth-order valence-corrected chi connectivity index (χ4v) is 4.35. The molecule has 28 heavy (non-hydrogen) atoms. The second-order valence-corrected chi connectivity index (χ2v) is 8.03. The number of nitrogens with one attached hydrogen (secondary N) is 1. The van der Waals surface area contributed by atoms with Gasteiger partial charge in [-0.25, -0.2) is 15.0 Å². The topological polar surface area (TPSA) is 93.6 Å². The van der Waals surface area contributed by atoms with Crippen LogP contribution in [0.5, 0.6) is 0 Å². The van der Waals surface area contributed by atoms with Gasteiger partial charge in [-0.2, -0.15) is 0 Å². The van der Waals surface area contributed by atoms with Crippen molar-refractivity contribution in [1.29, 1.82) is 0 Å². The van der Waals surface area contributed by atoms with E-state index in [9.17, 15) is 0 Å². The van der Waals surface area contributed by atoms with Gasteiger partial charge in [-0.05, 0) is 40.9 Å². The summed E-state index contributed by atoms with van der Waals surface area (Å²) >= 11 is 3.57. The average molecular weight is 446 g/mol. The van der Waals surface area contributed by atoms with E-state index in [1.165, 1.54) is 6.33 Å². The SMILES string of the molecule is CO[C@@H]1C[C@H](CNCc2cnc3c(C)cc(Br)cn23)N(c2cc(N)ncn2)C1. The molecule has 0 aliphatic carbocycles. The van der Waals surface area contributed by atoms with Crippen LogP contribution in [0.2, 0.25) is 0 Å². The number of halogens is 1. The van der Waals surface area contributed by atoms with E-state index in [-0.39, 0.29) is 12.1 Å². The van der Waals surface area contributed by atoms with E-state index in [0.29, 0.717) is 5.82 Å². The summed E-state index contributed by atoms with van der Waals surface area (Å²) < 4.78 is 8.77. The Balaban J connectivity index is 1.46. The molecule has 0 unspecified atom stereocenters. The highest BCUT2D eigenvalue weighted by molar-refractivity contribution is 9.10. The highest BCUT2D eigenvalue weighted by Crippen LogP contribution is 2.26. The summed E-state index contributed by atoms with van der Waals surface area (Å²) in [6.45, 7) is 4.40. The molecule has 4 heterocycles. The summed E-state index contributed by atoms with van der Waals surface area (Å²) in [5.74, 6) is 1.32. The van der Waals surface area contributed by atoms with Crippen molar-refractivity contribution in [2.24, 2.45) is 0 Å². The maximum Gasteiger partial charge on any atom is 0.139 e. The molecule has 8 nitrogen and oxygen atoms in total. The molecule has 2 atom stereocenters. The average Bonchev–Trinajstić information content (AvgIpc) is 3.26. The molecular formula is C19H24BrN7O. The lowest BCUT2D eigenvalue weighted by Crippen LogP contribution is -2.38. The minimum atomic E-state index is 0.178. The quantitative estimate of drug-likeness (QED) is 0.600. The Morgan fingerprint density at radius 1 is 1.32 bits per heavy atom. The van der Waals surface area contributed by atoms with E-state index in [0.717, 1.165) is 53.3 Å². The Kier molecular flexibility index (Phi) is 5.47. The van der Waals surface area contributed by atoms with Gasteiger partial charge in [0.1, 0.15) is 23.6 Å². The van der Waals surface area contributed by atoms with E-state index in [2.05, 4.69) is 64.7 Å². The Bertz CT molecular complexity index is 976.